The SMILES string of the molecule is COCCNC(=O)CN1CCC[C@H](C(=O)OC)C1. The first kappa shape index (κ1) is 14.9. The molecule has 1 rings (SSSR count). The Morgan fingerprint density at radius 1 is 1.39 bits per heavy atom. The highest BCUT2D eigenvalue weighted by Crippen LogP contribution is 2.17. The quantitative estimate of drug-likeness (QED) is 0.520. The molecule has 0 bridgehead atoms. The van der Waals surface area contributed by atoms with Crippen molar-refractivity contribution in [2.24, 2.45) is 5.92 Å². The molecule has 0 saturated carbocycles. The number of amides is 1. The Kier molecular flexibility index (Phi) is 6.67. The van der Waals surface area contributed by atoms with Gasteiger partial charge in [-0.1, -0.05) is 0 Å². The van der Waals surface area contributed by atoms with E-state index >= 15 is 0 Å². The van der Waals surface area contributed by atoms with Crippen LogP contribution in [-0.4, -0.2) is 63.8 Å². The first-order valence-corrected chi connectivity index (χ1v) is 6.23. The minimum absolute atomic E-state index is 0.0300. The van der Waals surface area contributed by atoms with Gasteiger partial charge < -0.3 is 14.8 Å². The van der Waals surface area contributed by atoms with Gasteiger partial charge in [0.15, 0.2) is 0 Å². The molecule has 0 spiro atoms. The fraction of sp³-hybridized carbons (Fsp3) is 0.833. The van der Waals surface area contributed by atoms with Crippen molar-refractivity contribution in [3.63, 3.8) is 0 Å². The van der Waals surface area contributed by atoms with Crippen LogP contribution in [0.15, 0.2) is 0 Å². The lowest BCUT2D eigenvalue weighted by atomic mass is 9.98. The molecule has 1 N–H and O–H groups in total. The molecule has 104 valence electrons. The van der Waals surface area contributed by atoms with Crippen LogP contribution in [0.25, 0.3) is 0 Å². The third-order valence-electron chi connectivity index (χ3n) is 3.04. The van der Waals surface area contributed by atoms with Gasteiger partial charge in [-0.25, -0.2) is 0 Å². The van der Waals surface area contributed by atoms with Crippen LogP contribution in [0.4, 0.5) is 0 Å². The maximum Gasteiger partial charge on any atom is 0.309 e. The van der Waals surface area contributed by atoms with Crippen molar-refractivity contribution in [3.8, 4) is 0 Å². The van der Waals surface area contributed by atoms with E-state index in [1.807, 2.05) is 4.90 Å². The number of hydrogen-bond acceptors (Lipinski definition) is 5. The minimum Gasteiger partial charge on any atom is -0.469 e. The molecule has 0 aromatic rings. The number of methoxy groups -OCH3 is 2. The second-order valence-corrected chi connectivity index (χ2v) is 4.44. The lowest BCUT2D eigenvalue weighted by Crippen LogP contribution is -2.44. The number of ether oxygens (including phenoxy) is 2. The molecular formula is C12H22N2O4. The number of carbonyl (C=O) groups excluding carboxylic acids is 2. The molecule has 0 aliphatic carbocycles. The van der Waals surface area contributed by atoms with E-state index in [2.05, 4.69) is 5.32 Å². The molecule has 1 atom stereocenters. The van der Waals surface area contributed by atoms with Crippen LogP contribution in [-0.2, 0) is 19.1 Å². The Morgan fingerprint density at radius 3 is 2.83 bits per heavy atom. The smallest absolute Gasteiger partial charge is 0.309 e. The standard InChI is InChI=1S/C12H22N2O4/c1-17-7-5-13-11(15)9-14-6-3-4-10(8-14)12(16)18-2/h10H,3-9H2,1-2H3,(H,13,15)/t10-/m0/s1. The first-order chi connectivity index (χ1) is 8.67. The molecule has 0 radical (unpaired) electrons. The van der Waals surface area contributed by atoms with Gasteiger partial charge in [0, 0.05) is 20.2 Å². The molecule has 6 nitrogen and oxygen atoms in total. The van der Waals surface area contributed by atoms with Crippen molar-refractivity contribution < 1.29 is 19.1 Å². The molecule has 1 saturated heterocycles. The molecule has 18 heavy (non-hydrogen) atoms. The van der Waals surface area contributed by atoms with E-state index in [4.69, 9.17) is 9.47 Å². The van der Waals surface area contributed by atoms with E-state index in [-0.39, 0.29) is 17.8 Å². The molecule has 0 aromatic heterocycles. The molecule has 0 unspecified atom stereocenters. The number of nitrogens with zero attached hydrogens (tertiary/aromatic N) is 1. The molecule has 1 aliphatic rings. The van der Waals surface area contributed by atoms with Crippen molar-refractivity contribution in [1.29, 1.82) is 0 Å². The van der Waals surface area contributed by atoms with E-state index in [9.17, 15) is 9.59 Å². The number of likely N-dealkylation sites (tertiary alicyclic amines) is 1. The van der Waals surface area contributed by atoms with Gasteiger partial charge in [-0.2, -0.15) is 0 Å². The van der Waals surface area contributed by atoms with Gasteiger partial charge in [0.1, 0.15) is 0 Å². The average Bonchev–Trinajstić information content (AvgIpc) is 2.38. The highest BCUT2D eigenvalue weighted by atomic mass is 16.5. The molecule has 1 aliphatic heterocycles. The van der Waals surface area contributed by atoms with Crippen molar-refractivity contribution in [2.45, 2.75) is 12.8 Å². The second kappa shape index (κ2) is 8.05. The van der Waals surface area contributed by atoms with Crippen LogP contribution in [0.3, 0.4) is 0 Å². The van der Waals surface area contributed by atoms with E-state index in [0.717, 1.165) is 19.4 Å². The summed E-state index contributed by atoms with van der Waals surface area (Å²) < 4.78 is 9.60. The van der Waals surface area contributed by atoms with Crippen molar-refractivity contribution >= 4 is 11.9 Å². The fourth-order valence-corrected chi connectivity index (χ4v) is 2.11. The highest BCUT2D eigenvalue weighted by molar-refractivity contribution is 5.78. The van der Waals surface area contributed by atoms with Crippen molar-refractivity contribution in [3.05, 3.63) is 0 Å². The Morgan fingerprint density at radius 2 is 2.17 bits per heavy atom. The van der Waals surface area contributed by atoms with Gasteiger partial charge in [0.25, 0.3) is 0 Å². The summed E-state index contributed by atoms with van der Waals surface area (Å²) in [5.74, 6) is -0.312. The average molecular weight is 258 g/mol. The van der Waals surface area contributed by atoms with Gasteiger partial charge in [0.2, 0.25) is 5.91 Å². The predicted octanol–water partition coefficient (Wildman–Crippen LogP) is -0.366. The topological polar surface area (TPSA) is 67.9 Å². The van der Waals surface area contributed by atoms with E-state index in [0.29, 0.717) is 26.2 Å². The van der Waals surface area contributed by atoms with E-state index in [1.165, 1.54) is 7.11 Å². The molecule has 1 fully saturated rings. The number of rotatable bonds is 6. The second-order valence-electron chi connectivity index (χ2n) is 4.44. The van der Waals surface area contributed by atoms with Gasteiger partial charge >= 0.3 is 5.97 Å². The third-order valence-corrected chi connectivity index (χ3v) is 3.04. The lowest BCUT2D eigenvalue weighted by molar-refractivity contribution is -0.147. The summed E-state index contributed by atoms with van der Waals surface area (Å²) in [5.41, 5.74) is 0. The number of nitrogens with one attached hydrogen (secondary N) is 1. The van der Waals surface area contributed by atoms with Crippen LogP contribution in [0, 0.1) is 5.92 Å². The first-order valence-electron chi connectivity index (χ1n) is 6.23. The summed E-state index contributed by atoms with van der Waals surface area (Å²) in [4.78, 5) is 25.0. The predicted molar refractivity (Wildman–Crippen MR) is 66.1 cm³/mol. The van der Waals surface area contributed by atoms with Crippen molar-refractivity contribution in [1.82, 2.24) is 10.2 Å². The minimum atomic E-state index is -0.181. The Labute approximate surface area is 108 Å². The summed E-state index contributed by atoms with van der Waals surface area (Å²) in [6, 6.07) is 0. The molecule has 1 heterocycles. The fourth-order valence-electron chi connectivity index (χ4n) is 2.11. The molecular weight excluding hydrogens is 236 g/mol. The summed E-state index contributed by atoms with van der Waals surface area (Å²) in [6.45, 7) is 2.81. The van der Waals surface area contributed by atoms with Crippen LogP contribution in [0.2, 0.25) is 0 Å². The molecule has 1 amide bonds. The third kappa shape index (κ3) is 5.01. The van der Waals surface area contributed by atoms with E-state index in [1.54, 1.807) is 7.11 Å². The van der Waals surface area contributed by atoms with Crippen LogP contribution >= 0.6 is 0 Å². The number of hydrogen-bond donors (Lipinski definition) is 1. The number of piperidine rings is 1. The Bertz CT molecular complexity index is 283. The van der Waals surface area contributed by atoms with Gasteiger partial charge in [-0.05, 0) is 19.4 Å². The van der Waals surface area contributed by atoms with Crippen LogP contribution in [0.5, 0.6) is 0 Å². The van der Waals surface area contributed by atoms with Crippen LogP contribution < -0.4 is 5.32 Å². The zero-order valence-corrected chi connectivity index (χ0v) is 11.1. The van der Waals surface area contributed by atoms with E-state index < -0.39 is 0 Å². The maximum atomic E-state index is 11.6. The van der Waals surface area contributed by atoms with Crippen LogP contribution in [0.1, 0.15) is 12.8 Å². The van der Waals surface area contributed by atoms with Gasteiger partial charge in [-0.3, -0.25) is 14.5 Å². The molecule has 0 aromatic carbocycles. The number of carbonyl (C=O) groups is 2. The Balaban J connectivity index is 2.29. The normalized spacial score (nSPS) is 20.4. The highest BCUT2D eigenvalue weighted by Gasteiger charge is 2.27. The summed E-state index contributed by atoms with van der Waals surface area (Å²) in [5, 5.41) is 2.77. The number of esters is 1. The summed E-state index contributed by atoms with van der Waals surface area (Å²) in [6.07, 6.45) is 1.76. The largest absolute Gasteiger partial charge is 0.469 e. The monoisotopic (exact) mass is 258 g/mol. The van der Waals surface area contributed by atoms with Gasteiger partial charge in [-0.15, -0.1) is 0 Å². The Hall–Kier alpha value is -1.14. The summed E-state index contributed by atoms with van der Waals surface area (Å²) >= 11 is 0. The maximum absolute atomic E-state index is 11.6. The molecule has 6 heteroatoms. The van der Waals surface area contributed by atoms with Gasteiger partial charge in [0.05, 0.1) is 26.2 Å². The van der Waals surface area contributed by atoms with Crippen molar-refractivity contribution in [2.75, 3.05) is 47.0 Å². The zero-order chi connectivity index (χ0) is 13.4. The summed E-state index contributed by atoms with van der Waals surface area (Å²) in [7, 11) is 3.00. The lowest BCUT2D eigenvalue weighted by Gasteiger charge is -2.30. The zero-order valence-electron chi connectivity index (χ0n) is 11.1.